The molecule has 0 spiro atoms. The number of benzene rings is 2. The van der Waals surface area contributed by atoms with E-state index in [1.165, 1.54) is 5.39 Å². The molecule has 0 fully saturated rings. The number of carbonyl (C=O) groups is 1. The minimum absolute atomic E-state index is 0.00719. The third kappa shape index (κ3) is 4.33. The standard InChI is InChI=1S/C22H26N2O2/c1-2-17(13-18-14-23-21-11-7-6-10-20(18)21)22(26)24-19(15-25)12-16-8-4-3-5-9-16/h3-11,14,17,19,23,25H,2,12-13,15H2,1H3,(H,24,26). The number of amides is 1. The van der Waals surface area contributed by atoms with Crippen molar-refractivity contribution >= 4 is 16.8 Å². The summed E-state index contributed by atoms with van der Waals surface area (Å²) in [4.78, 5) is 16.0. The van der Waals surface area contributed by atoms with Gasteiger partial charge in [-0.3, -0.25) is 4.79 Å². The highest BCUT2D eigenvalue weighted by atomic mass is 16.3. The number of carbonyl (C=O) groups excluding carboxylic acids is 1. The van der Waals surface area contributed by atoms with Crippen molar-refractivity contribution < 1.29 is 9.90 Å². The Labute approximate surface area is 154 Å². The van der Waals surface area contributed by atoms with Crippen molar-refractivity contribution in [3.63, 3.8) is 0 Å². The SMILES string of the molecule is CCC(Cc1c[nH]c2ccccc12)C(=O)NC(CO)Cc1ccccc1. The monoisotopic (exact) mass is 350 g/mol. The number of aliphatic hydroxyl groups is 1. The third-order valence-corrected chi connectivity index (χ3v) is 4.90. The summed E-state index contributed by atoms with van der Waals surface area (Å²) in [5.74, 6) is -0.105. The molecular weight excluding hydrogens is 324 g/mol. The summed E-state index contributed by atoms with van der Waals surface area (Å²) >= 11 is 0. The summed E-state index contributed by atoms with van der Waals surface area (Å²) in [5.41, 5.74) is 3.36. The minimum atomic E-state index is -0.262. The van der Waals surface area contributed by atoms with Gasteiger partial charge in [0.15, 0.2) is 0 Å². The second-order valence-electron chi connectivity index (χ2n) is 6.75. The summed E-state index contributed by atoms with van der Waals surface area (Å²) in [5, 5.41) is 13.9. The van der Waals surface area contributed by atoms with Crippen molar-refractivity contribution in [1.29, 1.82) is 0 Å². The second-order valence-corrected chi connectivity index (χ2v) is 6.75. The maximum absolute atomic E-state index is 12.8. The van der Waals surface area contributed by atoms with E-state index in [2.05, 4.69) is 16.4 Å². The highest BCUT2D eigenvalue weighted by Gasteiger charge is 2.21. The quantitative estimate of drug-likeness (QED) is 0.582. The predicted octanol–water partition coefficient (Wildman–Crippen LogP) is 3.46. The summed E-state index contributed by atoms with van der Waals surface area (Å²) < 4.78 is 0. The molecule has 1 aromatic heterocycles. The van der Waals surface area contributed by atoms with Crippen LogP contribution in [0.4, 0.5) is 0 Å². The number of hydrogen-bond acceptors (Lipinski definition) is 2. The molecule has 0 aliphatic carbocycles. The van der Waals surface area contributed by atoms with Gasteiger partial charge in [-0.25, -0.2) is 0 Å². The molecule has 1 amide bonds. The molecule has 0 saturated carbocycles. The van der Waals surface area contributed by atoms with Gasteiger partial charge in [0.2, 0.25) is 5.91 Å². The first-order valence-corrected chi connectivity index (χ1v) is 9.21. The molecule has 26 heavy (non-hydrogen) atoms. The molecule has 3 aromatic rings. The van der Waals surface area contributed by atoms with E-state index < -0.39 is 0 Å². The molecule has 2 aromatic carbocycles. The van der Waals surface area contributed by atoms with Crippen LogP contribution in [0.3, 0.4) is 0 Å². The normalized spacial score (nSPS) is 13.5. The first kappa shape index (κ1) is 18.2. The molecule has 2 atom stereocenters. The van der Waals surface area contributed by atoms with Gasteiger partial charge in [-0.15, -0.1) is 0 Å². The van der Waals surface area contributed by atoms with E-state index in [4.69, 9.17) is 0 Å². The zero-order chi connectivity index (χ0) is 18.4. The van der Waals surface area contributed by atoms with Crippen LogP contribution in [0.1, 0.15) is 24.5 Å². The fraction of sp³-hybridized carbons (Fsp3) is 0.318. The third-order valence-electron chi connectivity index (χ3n) is 4.90. The molecule has 2 unspecified atom stereocenters. The molecule has 1 heterocycles. The van der Waals surface area contributed by atoms with E-state index >= 15 is 0 Å². The lowest BCUT2D eigenvalue weighted by Crippen LogP contribution is -2.42. The van der Waals surface area contributed by atoms with Gasteiger partial charge in [-0.2, -0.15) is 0 Å². The highest BCUT2D eigenvalue weighted by molar-refractivity contribution is 5.85. The largest absolute Gasteiger partial charge is 0.394 e. The smallest absolute Gasteiger partial charge is 0.223 e. The first-order valence-electron chi connectivity index (χ1n) is 9.21. The Balaban J connectivity index is 1.66. The molecule has 0 bridgehead atoms. The number of aliphatic hydroxyl groups excluding tert-OH is 1. The van der Waals surface area contributed by atoms with Gasteiger partial charge in [0.05, 0.1) is 12.6 Å². The van der Waals surface area contributed by atoms with E-state index in [0.717, 1.165) is 23.1 Å². The van der Waals surface area contributed by atoms with E-state index in [0.29, 0.717) is 12.8 Å². The van der Waals surface area contributed by atoms with Crippen LogP contribution in [-0.2, 0) is 17.6 Å². The zero-order valence-electron chi connectivity index (χ0n) is 15.1. The van der Waals surface area contributed by atoms with E-state index in [1.54, 1.807) is 0 Å². The number of para-hydroxylation sites is 1. The van der Waals surface area contributed by atoms with Gasteiger partial charge in [-0.1, -0.05) is 55.5 Å². The Morgan fingerprint density at radius 1 is 1.08 bits per heavy atom. The molecular formula is C22H26N2O2. The molecule has 136 valence electrons. The Kier molecular flexibility index (Phi) is 6.08. The van der Waals surface area contributed by atoms with Crippen molar-refractivity contribution in [2.75, 3.05) is 6.61 Å². The predicted molar refractivity (Wildman–Crippen MR) is 105 cm³/mol. The van der Waals surface area contributed by atoms with Crippen LogP contribution >= 0.6 is 0 Å². The lowest BCUT2D eigenvalue weighted by atomic mass is 9.95. The zero-order valence-corrected chi connectivity index (χ0v) is 15.1. The van der Waals surface area contributed by atoms with Crippen LogP contribution in [0.5, 0.6) is 0 Å². The number of H-pyrrole nitrogens is 1. The summed E-state index contributed by atoms with van der Waals surface area (Å²) in [6, 6.07) is 17.8. The van der Waals surface area contributed by atoms with Crippen molar-refractivity contribution in [3.8, 4) is 0 Å². The number of hydrogen-bond donors (Lipinski definition) is 3. The number of rotatable bonds is 8. The van der Waals surface area contributed by atoms with Gasteiger partial charge in [0.1, 0.15) is 0 Å². The van der Waals surface area contributed by atoms with Gasteiger partial charge < -0.3 is 15.4 Å². The van der Waals surface area contributed by atoms with Crippen LogP contribution in [0.2, 0.25) is 0 Å². The molecule has 3 rings (SSSR count). The van der Waals surface area contributed by atoms with Gasteiger partial charge in [-0.05, 0) is 36.5 Å². The second kappa shape index (κ2) is 8.68. The number of fused-ring (bicyclic) bond motifs is 1. The minimum Gasteiger partial charge on any atom is -0.394 e. The maximum Gasteiger partial charge on any atom is 0.223 e. The topological polar surface area (TPSA) is 65.1 Å². The van der Waals surface area contributed by atoms with Crippen LogP contribution in [-0.4, -0.2) is 28.6 Å². The van der Waals surface area contributed by atoms with Crippen LogP contribution in [0.15, 0.2) is 60.8 Å². The number of aromatic amines is 1. The van der Waals surface area contributed by atoms with Crippen LogP contribution in [0.25, 0.3) is 10.9 Å². The fourth-order valence-corrected chi connectivity index (χ4v) is 3.37. The van der Waals surface area contributed by atoms with Gasteiger partial charge in [0, 0.05) is 23.0 Å². The number of aromatic nitrogens is 1. The van der Waals surface area contributed by atoms with Crippen LogP contribution < -0.4 is 5.32 Å². The Bertz CT molecular complexity index is 841. The molecule has 3 N–H and O–H groups in total. The summed E-state index contributed by atoms with van der Waals surface area (Å²) in [7, 11) is 0. The Hall–Kier alpha value is -2.59. The first-order chi connectivity index (χ1) is 12.7. The van der Waals surface area contributed by atoms with E-state index in [-0.39, 0.29) is 24.5 Å². The lowest BCUT2D eigenvalue weighted by Gasteiger charge is -2.21. The Morgan fingerprint density at radius 2 is 1.81 bits per heavy atom. The van der Waals surface area contributed by atoms with Crippen LogP contribution in [0, 0.1) is 5.92 Å². The van der Waals surface area contributed by atoms with Crippen molar-refractivity contribution in [3.05, 3.63) is 71.9 Å². The van der Waals surface area contributed by atoms with Crippen molar-refractivity contribution in [2.24, 2.45) is 5.92 Å². The van der Waals surface area contributed by atoms with Crippen molar-refractivity contribution in [1.82, 2.24) is 10.3 Å². The van der Waals surface area contributed by atoms with E-state index in [1.807, 2.05) is 61.7 Å². The van der Waals surface area contributed by atoms with Gasteiger partial charge in [0.25, 0.3) is 0 Å². The van der Waals surface area contributed by atoms with Crippen molar-refractivity contribution in [2.45, 2.75) is 32.2 Å². The molecule has 4 heteroatoms. The summed E-state index contributed by atoms with van der Waals surface area (Å²) in [6.07, 6.45) is 4.07. The number of nitrogens with one attached hydrogen (secondary N) is 2. The molecule has 0 aliphatic rings. The fourth-order valence-electron chi connectivity index (χ4n) is 3.37. The molecule has 0 radical (unpaired) electrons. The molecule has 0 aliphatic heterocycles. The molecule has 0 saturated heterocycles. The van der Waals surface area contributed by atoms with E-state index in [9.17, 15) is 9.90 Å². The molecule has 4 nitrogen and oxygen atoms in total. The average molecular weight is 350 g/mol. The Morgan fingerprint density at radius 3 is 2.54 bits per heavy atom. The average Bonchev–Trinajstić information content (AvgIpc) is 3.09. The lowest BCUT2D eigenvalue weighted by molar-refractivity contribution is -0.126. The summed E-state index contributed by atoms with van der Waals surface area (Å²) in [6.45, 7) is 1.97. The highest BCUT2D eigenvalue weighted by Crippen LogP contribution is 2.22. The maximum atomic E-state index is 12.8. The van der Waals surface area contributed by atoms with Gasteiger partial charge >= 0.3 is 0 Å².